The number of amides is 1. The van der Waals surface area contributed by atoms with Gasteiger partial charge in [0.05, 0.1) is 11.7 Å². The van der Waals surface area contributed by atoms with Crippen molar-refractivity contribution in [2.24, 2.45) is 0 Å². The molecule has 1 aliphatic heterocycles. The molecule has 1 heterocycles. The van der Waals surface area contributed by atoms with E-state index in [0.29, 0.717) is 28.9 Å². The minimum atomic E-state index is -0.107. The Kier molecular flexibility index (Phi) is 7.00. The van der Waals surface area contributed by atoms with Crippen molar-refractivity contribution >= 4 is 29.9 Å². The van der Waals surface area contributed by atoms with Crippen molar-refractivity contribution in [3.63, 3.8) is 0 Å². The standard InChI is InChI=1S/C17H23ClN2O2.ClH/c18-12-7-8-16(22-14-5-1-2-6-14)15(10-12)17(21)20-11-13-4-3-9-19-13;/h7-8,10,13-14,19H,1-6,9,11H2,(H,20,21);1H. The molecule has 0 radical (unpaired) electrons. The van der Waals surface area contributed by atoms with E-state index in [1.165, 1.54) is 19.3 Å². The topological polar surface area (TPSA) is 50.4 Å². The summed E-state index contributed by atoms with van der Waals surface area (Å²) in [5, 5.41) is 6.93. The summed E-state index contributed by atoms with van der Waals surface area (Å²) in [6.07, 6.45) is 7.05. The second-order valence-electron chi connectivity index (χ2n) is 6.17. The van der Waals surface area contributed by atoms with Crippen LogP contribution < -0.4 is 15.4 Å². The van der Waals surface area contributed by atoms with Crippen molar-refractivity contribution in [3.8, 4) is 5.75 Å². The number of benzene rings is 1. The van der Waals surface area contributed by atoms with Crippen LogP contribution in [0.4, 0.5) is 0 Å². The maximum Gasteiger partial charge on any atom is 0.255 e. The van der Waals surface area contributed by atoms with Gasteiger partial charge in [0.2, 0.25) is 0 Å². The number of halogens is 2. The number of carbonyl (C=O) groups excluding carboxylic acids is 1. The average Bonchev–Trinajstić information content (AvgIpc) is 3.20. The van der Waals surface area contributed by atoms with Gasteiger partial charge in [-0.3, -0.25) is 4.79 Å². The van der Waals surface area contributed by atoms with E-state index < -0.39 is 0 Å². The largest absolute Gasteiger partial charge is 0.490 e. The molecule has 1 aromatic carbocycles. The van der Waals surface area contributed by atoms with Crippen LogP contribution in [0.15, 0.2) is 18.2 Å². The molecule has 1 unspecified atom stereocenters. The first-order chi connectivity index (χ1) is 10.7. The van der Waals surface area contributed by atoms with Crippen LogP contribution >= 0.6 is 24.0 Å². The first-order valence-corrected chi connectivity index (χ1v) is 8.58. The monoisotopic (exact) mass is 358 g/mol. The number of nitrogens with one attached hydrogen (secondary N) is 2. The summed E-state index contributed by atoms with van der Waals surface area (Å²) in [6, 6.07) is 5.66. The molecule has 0 aromatic heterocycles. The van der Waals surface area contributed by atoms with Gasteiger partial charge in [-0.05, 0) is 63.3 Å². The van der Waals surface area contributed by atoms with E-state index >= 15 is 0 Å². The van der Waals surface area contributed by atoms with Gasteiger partial charge in [-0.15, -0.1) is 12.4 Å². The molecule has 1 saturated carbocycles. The van der Waals surface area contributed by atoms with Crippen molar-refractivity contribution in [2.45, 2.75) is 50.7 Å². The van der Waals surface area contributed by atoms with Crippen LogP contribution in [-0.4, -0.2) is 31.1 Å². The summed E-state index contributed by atoms with van der Waals surface area (Å²) >= 11 is 6.06. The highest BCUT2D eigenvalue weighted by molar-refractivity contribution is 6.31. The molecule has 1 aromatic rings. The zero-order valence-electron chi connectivity index (χ0n) is 13.1. The predicted octanol–water partition coefficient (Wildman–Crippen LogP) is 3.57. The van der Waals surface area contributed by atoms with Crippen LogP contribution in [0, 0.1) is 0 Å². The van der Waals surface area contributed by atoms with Gasteiger partial charge in [-0.25, -0.2) is 0 Å². The van der Waals surface area contributed by atoms with Gasteiger partial charge in [-0.2, -0.15) is 0 Å². The number of carbonyl (C=O) groups is 1. The summed E-state index contributed by atoms with van der Waals surface area (Å²) in [5.74, 6) is 0.539. The smallest absolute Gasteiger partial charge is 0.255 e. The summed E-state index contributed by atoms with van der Waals surface area (Å²) in [5.41, 5.74) is 0.539. The SMILES string of the molecule is Cl.O=C(NCC1CCCN1)c1cc(Cl)ccc1OC1CCCC1. The lowest BCUT2D eigenvalue weighted by molar-refractivity contribution is 0.0943. The zero-order chi connectivity index (χ0) is 15.4. The van der Waals surface area contributed by atoms with Gasteiger partial charge in [0.1, 0.15) is 5.75 Å². The summed E-state index contributed by atoms with van der Waals surface area (Å²) < 4.78 is 6.02. The Balaban J connectivity index is 0.00000192. The number of ether oxygens (including phenoxy) is 1. The summed E-state index contributed by atoms with van der Waals surface area (Å²) in [6.45, 7) is 1.68. The third-order valence-corrected chi connectivity index (χ3v) is 4.69. The van der Waals surface area contributed by atoms with E-state index in [-0.39, 0.29) is 24.4 Å². The van der Waals surface area contributed by atoms with E-state index in [4.69, 9.17) is 16.3 Å². The van der Waals surface area contributed by atoms with E-state index in [0.717, 1.165) is 25.8 Å². The van der Waals surface area contributed by atoms with E-state index in [1.807, 2.05) is 6.07 Å². The first-order valence-electron chi connectivity index (χ1n) is 8.20. The molecule has 2 N–H and O–H groups in total. The molecule has 0 spiro atoms. The molecule has 1 saturated heterocycles. The van der Waals surface area contributed by atoms with Gasteiger partial charge in [-0.1, -0.05) is 11.6 Å². The Morgan fingerprint density at radius 3 is 2.74 bits per heavy atom. The van der Waals surface area contributed by atoms with Gasteiger partial charge < -0.3 is 15.4 Å². The molecule has 4 nitrogen and oxygen atoms in total. The number of hydrogen-bond donors (Lipinski definition) is 2. The Morgan fingerprint density at radius 1 is 1.26 bits per heavy atom. The maximum absolute atomic E-state index is 12.5. The van der Waals surface area contributed by atoms with Gasteiger partial charge in [0.25, 0.3) is 5.91 Å². The highest BCUT2D eigenvalue weighted by Crippen LogP contribution is 2.28. The van der Waals surface area contributed by atoms with Crippen molar-refractivity contribution in [2.75, 3.05) is 13.1 Å². The fraction of sp³-hybridized carbons (Fsp3) is 0.588. The van der Waals surface area contributed by atoms with E-state index in [1.54, 1.807) is 12.1 Å². The van der Waals surface area contributed by atoms with Gasteiger partial charge in [0.15, 0.2) is 0 Å². The summed E-state index contributed by atoms with van der Waals surface area (Å²) in [7, 11) is 0. The lowest BCUT2D eigenvalue weighted by atomic mass is 10.1. The average molecular weight is 359 g/mol. The van der Waals surface area contributed by atoms with Crippen LogP contribution in [-0.2, 0) is 0 Å². The van der Waals surface area contributed by atoms with Gasteiger partial charge in [0, 0.05) is 17.6 Å². The van der Waals surface area contributed by atoms with Crippen LogP contribution in [0.1, 0.15) is 48.9 Å². The van der Waals surface area contributed by atoms with Crippen molar-refractivity contribution in [1.29, 1.82) is 0 Å². The predicted molar refractivity (Wildman–Crippen MR) is 94.9 cm³/mol. The molecule has 3 rings (SSSR count). The quantitative estimate of drug-likeness (QED) is 0.845. The first kappa shape index (κ1) is 18.4. The molecule has 23 heavy (non-hydrogen) atoms. The molecule has 2 aliphatic rings. The fourth-order valence-corrected chi connectivity index (χ4v) is 3.38. The highest BCUT2D eigenvalue weighted by Gasteiger charge is 2.21. The van der Waals surface area contributed by atoms with Crippen molar-refractivity contribution < 1.29 is 9.53 Å². The van der Waals surface area contributed by atoms with Crippen LogP contribution in [0.2, 0.25) is 5.02 Å². The third kappa shape index (κ3) is 5.00. The molecule has 2 fully saturated rings. The molecule has 1 aliphatic carbocycles. The lowest BCUT2D eigenvalue weighted by Crippen LogP contribution is -2.37. The van der Waals surface area contributed by atoms with E-state index in [9.17, 15) is 4.79 Å². The Hall–Kier alpha value is -0.970. The molecule has 0 bridgehead atoms. The highest BCUT2D eigenvalue weighted by atomic mass is 35.5. The Bertz CT molecular complexity index is 527. The second-order valence-corrected chi connectivity index (χ2v) is 6.60. The normalized spacial score (nSPS) is 21.0. The molecule has 6 heteroatoms. The summed E-state index contributed by atoms with van der Waals surface area (Å²) in [4.78, 5) is 12.5. The molecular formula is C17H24Cl2N2O2. The lowest BCUT2D eigenvalue weighted by Gasteiger charge is -2.17. The number of hydrogen-bond acceptors (Lipinski definition) is 3. The van der Waals surface area contributed by atoms with Crippen LogP contribution in [0.5, 0.6) is 5.75 Å². The molecule has 1 amide bonds. The van der Waals surface area contributed by atoms with Gasteiger partial charge >= 0.3 is 0 Å². The molecular weight excluding hydrogens is 335 g/mol. The van der Waals surface area contributed by atoms with Crippen LogP contribution in [0.25, 0.3) is 0 Å². The molecule has 1 atom stereocenters. The third-order valence-electron chi connectivity index (χ3n) is 4.45. The number of rotatable bonds is 5. The molecule has 128 valence electrons. The minimum Gasteiger partial charge on any atom is -0.490 e. The van der Waals surface area contributed by atoms with Crippen molar-refractivity contribution in [3.05, 3.63) is 28.8 Å². The van der Waals surface area contributed by atoms with Crippen molar-refractivity contribution in [1.82, 2.24) is 10.6 Å². The fourth-order valence-electron chi connectivity index (χ4n) is 3.21. The second kappa shape index (κ2) is 8.76. The van der Waals surface area contributed by atoms with Crippen LogP contribution in [0.3, 0.4) is 0 Å². The Morgan fingerprint density at radius 2 is 2.04 bits per heavy atom. The Labute approximate surface area is 148 Å². The zero-order valence-corrected chi connectivity index (χ0v) is 14.7. The maximum atomic E-state index is 12.5. The minimum absolute atomic E-state index is 0. The van der Waals surface area contributed by atoms with E-state index in [2.05, 4.69) is 10.6 Å².